The molecule has 4 amide bonds. The maximum absolute atomic E-state index is 14.4. The minimum absolute atomic E-state index is 0.111. The van der Waals surface area contributed by atoms with Crippen LogP contribution in [0.3, 0.4) is 0 Å². The van der Waals surface area contributed by atoms with Crippen molar-refractivity contribution in [3.05, 3.63) is 71.3 Å². The van der Waals surface area contributed by atoms with E-state index in [9.17, 15) is 24.0 Å². The number of nitrogens with zero attached hydrogens (tertiary/aromatic N) is 3. The van der Waals surface area contributed by atoms with Crippen molar-refractivity contribution in [2.45, 2.75) is 90.8 Å². The highest BCUT2D eigenvalue weighted by Crippen LogP contribution is 2.38. The van der Waals surface area contributed by atoms with Gasteiger partial charge in [0.2, 0.25) is 11.8 Å². The Balaban J connectivity index is 1.58. The normalized spacial score (nSPS) is 18.3. The summed E-state index contributed by atoms with van der Waals surface area (Å²) in [6.45, 7) is 10.7. The number of likely N-dealkylation sites (tertiary alicyclic amines) is 1. The number of hydrogen-bond acceptors (Lipinski definition) is 8. The molecular formula is C37H49N5O7. The van der Waals surface area contributed by atoms with Gasteiger partial charge in [-0.05, 0) is 84.4 Å². The van der Waals surface area contributed by atoms with Gasteiger partial charge in [-0.25, -0.2) is 14.6 Å². The lowest BCUT2D eigenvalue weighted by atomic mass is 9.73. The Morgan fingerprint density at radius 3 is 2.35 bits per heavy atom. The van der Waals surface area contributed by atoms with Gasteiger partial charge in [0.25, 0.3) is 5.91 Å². The van der Waals surface area contributed by atoms with Crippen LogP contribution >= 0.6 is 0 Å². The maximum atomic E-state index is 14.4. The van der Waals surface area contributed by atoms with Crippen molar-refractivity contribution in [2.24, 2.45) is 10.5 Å². The van der Waals surface area contributed by atoms with Gasteiger partial charge in [-0.15, -0.1) is 0 Å². The fraction of sp³-hybridized carbons (Fsp3) is 0.514. The largest absolute Gasteiger partial charge is 0.462 e. The summed E-state index contributed by atoms with van der Waals surface area (Å²) < 4.78 is 10.6. The van der Waals surface area contributed by atoms with Crippen molar-refractivity contribution in [3.63, 3.8) is 0 Å². The average molecular weight is 676 g/mol. The number of esters is 1. The smallest absolute Gasteiger partial charge is 0.408 e. The fourth-order valence-corrected chi connectivity index (χ4v) is 6.29. The molecule has 2 atom stereocenters. The quantitative estimate of drug-likeness (QED) is 0.320. The summed E-state index contributed by atoms with van der Waals surface area (Å²) in [5.41, 5.74) is -0.293. The van der Waals surface area contributed by atoms with Crippen LogP contribution in [0.5, 0.6) is 0 Å². The van der Waals surface area contributed by atoms with Crippen molar-refractivity contribution >= 4 is 35.5 Å². The van der Waals surface area contributed by atoms with E-state index in [0.717, 1.165) is 16.8 Å². The molecule has 2 aromatic carbocycles. The molecule has 264 valence electrons. The van der Waals surface area contributed by atoms with Crippen LogP contribution in [-0.4, -0.2) is 89.3 Å². The second-order valence-corrected chi connectivity index (χ2v) is 14.2. The van der Waals surface area contributed by atoms with E-state index < -0.39 is 40.6 Å². The minimum atomic E-state index is -1.42. The van der Waals surface area contributed by atoms with Crippen molar-refractivity contribution < 1.29 is 33.4 Å². The van der Waals surface area contributed by atoms with E-state index in [1.54, 1.807) is 51.8 Å². The van der Waals surface area contributed by atoms with E-state index in [1.165, 1.54) is 18.9 Å². The molecule has 2 heterocycles. The van der Waals surface area contributed by atoms with Crippen molar-refractivity contribution in [1.29, 1.82) is 0 Å². The number of benzene rings is 2. The van der Waals surface area contributed by atoms with Crippen molar-refractivity contribution in [1.82, 2.24) is 20.5 Å². The van der Waals surface area contributed by atoms with E-state index >= 15 is 0 Å². The van der Waals surface area contributed by atoms with Crippen LogP contribution in [0.1, 0.15) is 82.3 Å². The maximum Gasteiger partial charge on any atom is 0.408 e. The standard InChI is InChI=1S/C37H49N5O7/c1-8-48-31(44)27-19-13-12-17-26(27)18-14-20-28(38-32(45)36(5,6)39-34(47)49-35(2,3)4)30(43)42-22-21-29-37(24-42,33(46)41(7)40-29)23-25-15-10-9-11-16-25/h9-13,15-17,19,28H,8,14,18,20-24H2,1-7H3,(H,38,45)(H,39,47)/t28-,37-/m1/s1. The van der Waals surface area contributed by atoms with Gasteiger partial charge in [0.05, 0.1) is 17.9 Å². The van der Waals surface area contributed by atoms with Crippen LogP contribution in [0, 0.1) is 5.41 Å². The zero-order valence-corrected chi connectivity index (χ0v) is 29.6. The third kappa shape index (κ3) is 9.04. The number of hydrazone groups is 1. The SMILES string of the molecule is CCOC(=O)c1ccccc1CCC[C@@H](NC(=O)C(C)(C)NC(=O)OC(C)(C)C)C(=O)N1CCC2=NN(C)C(=O)[C@]2(Cc2ccccc2)C1. The van der Waals surface area contributed by atoms with Gasteiger partial charge < -0.3 is 25.0 Å². The fourth-order valence-electron chi connectivity index (χ4n) is 6.29. The second kappa shape index (κ2) is 15.2. The van der Waals surface area contributed by atoms with Gasteiger partial charge >= 0.3 is 12.1 Å². The minimum Gasteiger partial charge on any atom is -0.462 e. The Morgan fingerprint density at radius 2 is 1.67 bits per heavy atom. The summed E-state index contributed by atoms with van der Waals surface area (Å²) in [5.74, 6) is -1.51. The molecular weight excluding hydrogens is 626 g/mol. The first-order valence-electron chi connectivity index (χ1n) is 16.8. The van der Waals surface area contributed by atoms with Crippen LogP contribution in [0.15, 0.2) is 59.7 Å². The first kappa shape index (κ1) is 37.1. The molecule has 2 N–H and O–H groups in total. The Labute approximate surface area is 288 Å². The lowest BCUT2D eigenvalue weighted by Gasteiger charge is -2.41. The number of carbonyl (C=O) groups excluding carboxylic acids is 5. The van der Waals surface area contributed by atoms with E-state index in [4.69, 9.17) is 9.47 Å². The van der Waals surface area contributed by atoms with Crippen molar-refractivity contribution in [3.8, 4) is 0 Å². The monoisotopic (exact) mass is 675 g/mol. The van der Waals surface area contributed by atoms with Crippen molar-refractivity contribution in [2.75, 3.05) is 26.7 Å². The molecule has 49 heavy (non-hydrogen) atoms. The predicted molar refractivity (Wildman–Crippen MR) is 185 cm³/mol. The van der Waals surface area contributed by atoms with E-state index in [-0.39, 0.29) is 31.4 Å². The van der Waals surface area contributed by atoms with Gasteiger partial charge in [0.15, 0.2) is 0 Å². The first-order valence-corrected chi connectivity index (χ1v) is 16.8. The second-order valence-electron chi connectivity index (χ2n) is 14.2. The number of fused-ring (bicyclic) bond motifs is 1. The molecule has 2 aliphatic heterocycles. The number of alkyl carbamates (subject to hydrolysis) is 1. The number of piperidine rings is 1. The molecule has 4 rings (SSSR count). The number of ether oxygens (including phenoxy) is 2. The summed E-state index contributed by atoms with van der Waals surface area (Å²) in [6, 6.07) is 15.8. The van der Waals surface area contributed by atoms with Crippen LogP contribution in [0.25, 0.3) is 0 Å². The number of hydrogen-bond donors (Lipinski definition) is 2. The summed E-state index contributed by atoms with van der Waals surface area (Å²) in [4.78, 5) is 68.6. The lowest BCUT2D eigenvalue weighted by molar-refractivity contribution is -0.142. The Hall–Kier alpha value is -4.74. The Kier molecular flexibility index (Phi) is 11.5. The zero-order valence-electron chi connectivity index (χ0n) is 29.6. The van der Waals surface area contributed by atoms with Gasteiger partial charge in [0.1, 0.15) is 22.6 Å². The molecule has 2 aliphatic rings. The molecule has 0 unspecified atom stereocenters. The molecule has 0 spiro atoms. The predicted octanol–water partition coefficient (Wildman–Crippen LogP) is 4.26. The van der Waals surface area contributed by atoms with Crippen LogP contribution in [0.2, 0.25) is 0 Å². The van der Waals surface area contributed by atoms with E-state index in [2.05, 4.69) is 15.7 Å². The lowest BCUT2D eigenvalue weighted by Crippen LogP contribution is -2.62. The topological polar surface area (TPSA) is 147 Å². The van der Waals surface area contributed by atoms with Gasteiger partial charge in [-0.3, -0.25) is 14.4 Å². The molecule has 12 heteroatoms. The molecule has 12 nitrogen and oxygen atoms in total. The number of carbonyl (C=O) groups is 5. The summed E-state index contributed by atoms with van der Waals surface area (Å²) >= 11 is 0. The summed E-state index contributed by atoms with van der Waals surface area (Å²) in [6.07, 6.45) is 1.17. The van der Waals surface area contributed by atoms with Gasteiger partial charge in [0, 0.05) is 26.6 Å². The third-order valence-electron chi connectivity index (χ3n) is 8.70. The molecule has 0 radical (unpaired) electrons. The third-order valence-corrected chi connectivity index (χ3v) is 8.70. The van der Waals surface area contributed by atoms with Gasteiger partial charge in [-0.1, -0.05) is 48.5 Å². The highest BCUT2D eigenvalue weighted by molar-refractivity contribution is 6.13. The summed E-state index contributed by atoms with van der Waals surface area (Å²) in [5, 5.41) is 11.4. The molecule has 1 fully saturated rings. The van der Waals surface area contributed by atoms with Crippen LogP contribution < -0.4 is 10.6 Å². The van der Waals surface area contributed by atoms with Crippen LogP contribution in [-0.2, 0) is 36.7 Å². The first-order chi connectivity index (χ1) is 23.1. The number of aryl methyl sites for hydroxylation is 1. The molecule has 0 aromatic heterocycles. The Morgan fingerprint density at radius 1 is 1.00 bits per heavy atom. The average Bonchev–Trinajstić information content (AvgIpc) is 3.27. The highest BCUT2D eigenvalue weighted by atomic mass is 16.6. The zero-order chi connectivity index (χ0) is 36.0. The number of amides is 4. The van der Waals surface area contributed by atoms with E-state index in [0.29, 0.717) is 37.8 Å². The van der Waals surface area contributed by atoms with E-state index in [1.807, 2.05) is 42.5 Å². The molecule has 0 aliphatic carbocycles. The van der Waals surface area contributed by atoms with Gasteiger partial charge in [-0.2, -0.15) is 5.10 Å². The Bertz CT molecular complexity index is 1580. The molecule has 0 saturated carbocycles. The number of nitrogens with one attached hydrogen (secondary N) is 2. The molecule has 1 saturated heterocycles. The number of rotatable bonds is 12. The van der Waals surface area contributed by atoms with Crippen LogP contribution in [0.4, 0.5) is 4.79 Å². The summed E-state index contributed by atoms with van der Waals surface area (Å²) in [7, 11) is 1.63. The molecule has 0 bridgehead atoms. The highest BCUT2D eigenvalue weighted by Gasteiger charge is 2.54. The molecule has 2 aromatic rings.